The van der Waals surface area contributed by atoms with Crippen LogP contribution in [0.5, 0.6) is 0 Å². The topological polar surface area (TPSA) is 12.9 Å². The molecule has 30 heavy (non-hydrogen) atoms. The standard InChI is InChI=1S/C27H25F2N/c1-2-3-4-5-6-19-7-9-20(10-8-19)24-17-22(12-14-26(24)29)27-25-18-23(28)13-11-21(25)15-16-30-27/h7-18H,2-6H2,1H3. The molecule has 0 saturated carbocycles. The molecule has 0 aliphatic carbocycles. The molecule has 3 heteroatoms. The Bertz CT molecular complexity index is 1150. The third-order valence-electron chi connectivity index (χ3n) is 5.55. The number of benzene rings is 3. The minimum absolute atomic E-state index is 0.277. The van der Waals surface area contributed by atoms with Crippen molar-refractivity contribution in [3.8, 4) is 22.4 Å². The first kappa shape index (κ1) is 20.2. The largest absolute Gasteiger partial charge is 0.256 e. The average Bonchev–Trinajstić information content (AvgIpc) is 2.77. The number of hydrogen-bond acceptors (Lipinski definition) is 1. The van der Waals surface area contributed by atoms with Gasteiger partial charge < -0.3 is 0 Å². The van der Waals surface area contributed by atoms with E-state index in [0.29, 0.717) is 11.3 Å². The van der Waals surface area contributed by atoms with Crippen LogP contribution in [0.1, 0.15) is 38.2 Å². The number of fused-ring (bicyclic) bond motifs is 1. The van der Waals surface area contributed by atoms with E-state index in [4.69, 9.17) is 0 Å². The molecule has 0 spiro atoms. The van der Waals surface area contributed by atoms with Gasteiger partial charge in [-0.15, -0.1) is 0 Å². The van der Waals surface area contributed by atoms with Crippen molar-refractivity contribution in [1.82, 2.24) is 4.98 Å². The molecular weight excluding hydrogens is 376 g/mol. The van der Waals surface area contributed by atoms with E-state index < -0.39 is 0 Å². The summed E-state index contributed by atoms with van der Waals surface area (Å²) in [5.74, 6) is -0.588. The molecule has 0 fully saturated rings. The third kappa shape index (κ3) is 4.40. The zero-order valence-corrected chi connectivity index (χ0v) is 17.2. The molecule has 0 N–H and O–H groups in total. The highest BCUT2D eigenvalue weighted by Gasteiger charge is 2.11. The minimum atomic E-state index is -0.311. The Morgan fingerprint density at radius 2 is 1.57 bits per heavy atom. The average molecular weight is 402 g/mol. The van der Waals surface area contributed by atoms with Crippen LogP contribution in [-0.2, 0) is 6.42 Å². The van der Waals surface area contributed by atoms with E-state index in [1.54, 1.807) is 24.4 Å². The molecule has 4 aromatic rings. The maximum Gasteiger partial charge on any atom is 0.131 e. The van der Waals surface area contributed by atoms with Crippen molar-refractivity contribution in [2.24, 2.45) is 0 Å². The lowest BCUT2D eigenvalue weighted by atomic mass is 9.97. The van der Waals surface area contributed by atoms with Gasteiger partial charge >= 0.3 is 0 Å². The number of aromatic nitrogens is 1. The fourth-order valence-corrected chi connectivity index (χ4v) is 3.87. The number of hydrogen-bond donors (Lipinski definition) is 0. The van der Waals surface area contributed by atoms with Crippen LogP contribution in [0.3, 0.4) is 0 Å². The molecule has 1 heterocycles. The van der Waals surface area contributed by atoms with Crippen molar-refractivity contribution < 1.29 is 8.78 Å². The van der Waals surface area contributed by atoms with Crippen molar-refractivity contribution >= 4 is 10.8 Å². The van der Waals surface area contributed by atoms with Crippen molar-refractivity contribution in [2.45, 2.75) is 39.0 Å². The van der Waals surface area contributed by atoms with Gasteiger partial charge in [-0.05, 0) is 65.8 Å². The summed E-state index contributed by atoms with van der Waals surface area (Å²) < 4.78 is 28.5. The van der Waals surface area contributed by atoms with Crippen molar-refractivity contribution in [3.63, 3.8) is 0 Å². The first-order chi connectivity index (χ1) is 14.7. The van der Waals surface area contributed by atoms with Crippen LogP contribution >= 0.6 is 0 Å². The molecule has 1 aromatic heterocycles. The summed E-state index contributed by atoms with van der Waals surface area (Å²) >= 11 is 0. The van der Waals surface area contributed by atoms with Gasteiger partial charge in [0.25, 0.3) is 0 Å². The first-order valence-corrected chi connectivity index (χ1v) is 10.6. The number of aryl methyl sites for hydroxylation is 1. The number of pyridine rings is 1. The van der Waals surface area contributed by atoms with E-state index >= 15 is 0 Å². The molecule has 1 nitrogen and oxygen atoms in total. The summed E-state index contributed by atoms with van der Waals surface area (Å²) in [6.45, 7) is 2.21. The summed E-state index contributed by atoms with van der Waals surface area (Å²) in [6.07, 6.45) is 7.67. The van der Waals surface area contributed by atoms with Crippen molar-refractivity contribution in [3.05, 3.63) is 90.1 Å². The molecule has 152 valence electrons. The van der Waals surface area contributed by atoms with Crippen LogP contribution in [0.15, 0.2) is 72.9 Å². The molecular formula is C27H25F2N. The van der Waals surface area contributed by atoms with Gasteiger partial charge in [-0.1, -0.05) is 56.5 Å². The Morgan fingerprint density at radius 1 is 0.767 bits per heavy atom. The summed E-state index contributed by atoms with van der Waals surface area (Å²) in [5, 5.41) is 1.62. The highest BCUT2D eigenvalue weighted by atomic mass is 19.1. The fourth-order valence-electron chi connectivity index (χ4n) is 3.87. The monoisotopic (exact) mass is 401 g/mol. The SMILES string of the molecule is CCCCCCc1ccc(-c2cc(-c3nccc4ccc(F)cc34)ccc2F)cc1. The molecule has 4 rings (SSSR count). The number of nitrogens with zero attached hydrogens (tertiary/aromatic N) is 1. The summed E-state index contributed by atoms with van der Waals surface area (Å²) in [5.41, 5.74) is 4.06. The second-order valence-electron chi connectivity index (χ2n) is 7.73. The molecule has 0 radical (unpaired) electrons. The normalized spacial score (nSPS) is 11.2. The van der Waals surface area contributed by atoms with E-state index in [9.17, 15) is 8.78 Å². The lowest BCUT2D eigenvalue weighted by Crippen LogP contribution is -1.91. The Labute approximate surface area is 176 Å². The van der Waals surface area contributed by atoms with Crippen molar-refractivity contribution in [2.75, 3.05) is 0 Å². The van der Waals surface area contributed by atoms with E-state index in [-0.39, 0.29) is 11.6 Å². The Hall–Kier alpha value is -3.07. The number of halogens is 2. The lowest BCUT2D eigenvalue weighted by Gasteiger charge is -2.10. The molecule has 0 unspecified atom stereocenters. The predicted molar refractivity (Wildman–Crippen MR) is 120 cm³/mol. The molecule has 0 bridgehead atoms. The second-order valence-corrected chi connectivity index (χ2v) is 7.73. The van der Waals surface area contributed by atoms with Gasteiger partial charge in [0.2, 0.25) is 0 Å². The van der Waals surface area contributed by atoms with Crippen molar-refractivity contribution in [1.29, 1.82) is 0 Å². The highest BCUT2D eigenvalue weighted by Crippen LogP contribution is 2.32. The van der Waals surface area contributed by atoms with Crippen LogP contribution in [-0.4, -0.2) is 4.98 Å². The number of rotatable bonds is 7. The zero-order chi connectivity index (χ0) is 20.9. The molecule has 0 atom stereocenters. The first-order valence-electron chi connectivity index (χ1n) is 10.6. The fraction of sp³-hybridized carbons (Fsp3) is 0.222. The summed E-state index contributed by atoms with van der Waals surface area (Å²) in [4.78, 5) is 4.46. The van der Waals surface area contributed by atoms with Gasteiger partial charge in [0, 0.05) is 22.7 Å². The Morgan fingerprint density at radius 3 is 2.37 bits per heavy atom. The van der Waals surface area contributed by atoms with Gasteiger partial charge in [-0.2, -0.15) is 0 Å². The quantitative estimate of drug-likeness (QED) is 0.286. The number of unbranched alkanes of at least 4 members (excludes halogenated alkanes) is 3. The summed E-state index contributed by atoms with van der Waals surface area (Å²) in [6, 6.07) is 19.6. The van der Waals surface area contributed by atoms with Crippen LogP contribution in [0.2, 0.25) is 0 Å². The van der Waals surface area contributed by atoms with Gasteiger partial charge in [0.1, 0.15) is 11.6 Å². The molecule has 0 amide bonds. The maximum atomic E-state index is 14.7. The lowest BCUT2D eigenvalue weighted by molar-refractivity contribution is 0.629. The van der Waals surface area contributed by atoms with E-state index in [1.807, 2.05) is 18.2 Å². The Balaban J connectivity index is 1.65. The molecule has 0 aliphatic heterocycles. The molecule has 0 aliphatic rings. The van der Waals surface area contributed by atoms with E-state index in [2.05, 4.69) is 24.0 Å². The molecule has 3 aromatic carbocycles. The maximum absolute atomic E-state index is 14.7. The van der Waals surface area contributed by atoms with E-state index in [1.165, 1.54) is 49.4 Å². The predicted octanol–water partition coefficient (Wildman–Crippen LogP) is 7.97. The van der Waals surface area contributed by atoms with Gasteiger partial charge in [0.05, 0.1) is 5.69 Å². The van der Waals surface area contributed by atoms with Crippen LogP contribution in [0.25, 0.3) is 33.2 Å². The third-order valence-corrected chi connectivity index (χ3v) is 5.55. The summed E-state index contributed by atoms with van der Waals surface area (Å²) in [7, 11) is 0. The minimum Gasteiger partial charge on any atom is -0.256 e. The van der Waals surface area contributed by atoms with Crippen LogP contribution in [0.4, 0.5) is 8.78 Å². The van der Waals surface area contributed by atoms with Gasteiger partial charge in [0.15, 0.2) is 0 Å². The molecule has 0 saturated heterocycles. The van der Waals surface area contributed by atoms with E-state index in [0.717, 1.165) is 28.3 Å². The Kier molecular flexibility index (Phi) is 6.18. The van der Waals surface area contributed by atoms with Crippen LogP contribution < -0.4 is 0 Å². The zero-order valence-electron chi connectivity index (χ0n) is 17.2. The van der Waals surface area contributed by atoms with Crippen LogP contribution in [0, 0.1) is 11.6 Å². The van der Waals surface area contributed by atoms with Gasteiger partial charge in [-0.3, -0.25) is 4.98 Å². The van der Waals surface area contributed by atoms with Gasteiger partial charge in [-0.25, -0.2) is 8.78 Å². The second kappa shape index (κ2) is 9.17. The smallest absolute Gasteiger partial charge is 0.131 e. The highest BCUT2D eigenvalue weighted by molar-refractivity contribution is 5.95.